The smallest absolute Gasteiger partial charge is 0.251 e. The number of carbonyl (C=O) groups excluding carboxylic acids is 1. The van der Waals surface area contributed by atoms with Gasteiger partial charge in [0.05, 0.1) is 11.5 Å². The Kier molecular flexibility index (Phi) is 6.81. The second kappa shape index (κ2) is 8.46. The fourth-order valence-electron chi connectivity index (χ4n) is 2.95. The average molecular weight is 434 g/mol. The summed E-state index contributed by atoms with van der Waals surface area (Å²) in [4.78, 5) is 28.4. The predicted molar refractivity (Wildman–Crippen MR) is 100 cm³/mol. The second-order valence-corrected chi connectivity index (χ2v) is 9.76. The van der Waals surface area contributed by atoms with E-state index in [1.165, 1.54) is 10.6 Å². The van der Waals surface area contributed by atoms with Gasteiger partial charge in [-0.2, -0.15) is 0 Å². The molecule has 0 radical (unpaired) electrons. The van der Waals surface area contributed by atoms with Gasteiger partial charge in [0, 0.05) is 29.3 Å². The molecular formula is C16H24BrN3O4S. The summed E-state index contributed by atoms with van der Waals surface area (Å²) in [6.45, 7) is 1.21. The van der Waals surface area contributed by atoms with Crippen molar-refractivity contribution < 1.29 is 13.2 Å². The first-order valence-electron chi connectivity index (χ1n) is 8.18. The van der Waals surface area contributed by atoms with Gasteiger partial charge in [-0.25, -0.2) is 8.42 Å². The molecule has 7 nitrogen and oxygen atoms in total. The lowest BCUT2D eigenvalue weighted by Crippen LogP contribution is -2.45. The lowest BCUT2D eigenvalue weighted by atomic mass is 10.2. The summed E-state index contributed by atoms with van der Waals surface area (Å²) in [5.74, 6) is -0.0962. The first-order valence-corrected chi connectivity index (χ1v) is 10.8. The van der Waals surface area contributed by atoms with E-state index in [2.05, 4.69) is 15.9 Å². The van der Waals surface area contributed by atoms with E-state index in [0.717, 1.165) is 13.0 Å². The van der Waals surface area contributed by atoms with Crippen LogP contribution in [0.5, 0.6) is 0 Å². The Labute approximate surface area is 156 Å². The highest BCUT2D eigenvalue weighted by atomic mass is 79.9. The molecule has 1 fully saturated rings. The van der Waals surface area contributed by atoms with Crippen molar-refractivity contribution in [2.45, 2.75) is 25.4 Å². The molecule has 0 N–H and O–H groups in total. The van der Waals surface area contributed by atoms with Crippen molar-refractivity contribution >= 4 is 31.7 Å². The van der Waals surface area contributed by atoms with Crippen LogP contribution < -0.4 is 5.56 Å². The molecule has 1 saturated heterocycles. The fraction of sp³-hybridized carbons (Fsp3) is 0.625. The van der Waals surface area contributed by atoms with E-state index in [4.69, 9.17) is 0 Å². The molecule has 2 rings (SSSR count). The monoisotopic (exact) mass is 433 g/mol. The Balaban J connectivity index is 2.14. The van der Waals surface area contributed by atoms with Crippen molar-refractivity contribution in [1.29, 1.82) is 0 Å². The number of hydrogen-bond acceptors (Lipinski definition) is 5. The molecule has 1 aromatic heterocycles. The predicted octanol–water partition coefficient (Wildman–Crippen LogP) is 0.578. The molecule has 140 valence electrons. The molecule has 0 saturated carbocycles. The highest BCUT2D eigenvalue weighted by Gasteiger charge is 2.34. The Hall–Kier alpha value is -1.19. The second-order valence-electron chi connectivity index (χ2n) is 6.61. The van der Waals surface area contributed by atoms with Gasteiger partial charge in [-0.15, -0.1) is 0 Å². The van der Waals surface area contributed by atoms with Crippen LogP contribution in [0.1, 0.15) is 12.8 Å². The largest absolute Gasteiger partial charge is 0.337 e. The third kappa shape index (κ3) is 5.93. The molecule has 0 bridgehead atoms. The van der Waals surface area contributed by atoms with Gasteiger partial charge in [-0.1, -0.05) is 0 Å². The van der Waals surface area contributed by atoms with Crippen LogP contribution in [0, 0.1) is 0 Å². The Morgan fingerprint density at radius 3 is 2.64 bits per heavy atom. The molecule has 0 aromatic carbocycles. The number of rotatable bonds is 7. The number of hydrogen-bond donors (Lipinski definition) is 0. The summed E-state index contributed by atoms with van der Waals surface area (Å²) in [6, 6.07) is 2.72. The van der Waals surface area contributed by atoms with Gasteiger partial charge in [-0.3, -0.25) is 9.59 Å². The van der Waals surface area contributed by atoms with Gasteiger partial charge in [0.2, 0.25) is 5.91 Å². The number of carbonyl (C=O) groups is 1. The molecule has 9 heteroatoms. The van der Waals surface area contributed by atoms with Crippen LogP contribution in [0.25, 0.3) is 0 Å². The lowest BCUT2D eigenvalue weighted by molar-refractivity contribution is -0.133. The van der Waals surface area contributed by atoms with Crippen LogP contribution in [0.15, 0.2) is 27.6 Å². The summed E-state index contributed by atoms with van der Waals surface area (Å²) in [5.41, 5.74) is -0.260. The van der Waals surface area contributed by atoms with E-state index in [-0.39, 0.29) is 35.6 Å². The van der Waals surface area contributed by atoms with Crippen molar-refractivity contribution in [3.8, 4) is 0 Å². The maximum absolute atomic E-state index is 12.8. The lowest BCUT2D eigenvalue weighted by Gasteiger charge is -2.29. The molecule has 2 heterocycles. The number of halogens is 1. The number of aromatic nitrogens is 1. The molecule has 0 aliphatic carbocycles. The maximum atomic E-state index is 12.8. The van der Waals surface area contributed by atoms with E-state index in [9.17, 15) is 18.0 Å². The van der Waals surface area contributed by atoms with Crippen molar-refractivity contribution in [2.75, 3.05) is 38.7 Å². The van der Waals surface area contributed by atoms with Crippen LogP contribution in [-0.2, 0) is 21.2 Å². The third-order valence-corrected chi connectivity index (χ3v) is 6.45. The highest BCUT2D eigenvalue weighted by Crippen LogP contribution is 2.19. The van der Waals surface area contributed by atoms with Gasteiger partial charge in [0.1, 0.15) is 6.54 Å². The van der Waals surface area contributed by atoms with Crippen molar-refractivity contribution in [2.24, 2.45) is 0 Å². The van der Waals surface area contributed by atoms with Gasteiger partial charge in [0.25, 0.3) is 5.56 Å². The highest BCUT2D eigenvalue weighted by molar-refractivity contribution is 9.10. The number of pyridine rings is 1. The zero-order valence-electron chi connectivity index (χ0n) is 14.5. The quantitative estimate of drug-likeness (QED) is 0.628. The minimum absolute atomic E-state index is 0.00802. The Morgan fingerprint density at radius 1 is 1.32 bits per heavy atom. The Morgan fingerprint density at radius 2 is 2.04 bits per heavy atom. The van der Waals surface area contributed by atoms with Gasteiger partial charge < -0.3 is 14.4 Å². The van der Waals surface area contributed by atoms with Crippen LogP contribution in [-0.4, -0.2) is 73.4 Å². The van der Waals surface area contributed by atoms with Crippen LogP contribution in [0.4, 0.5) is 0 Å². The summed E-state index contributed by atoms with van der Waals surface area (Å²) < 4.78 is 25.7. The number of nitrogens with zero attached hydrogens (tertiary/aromatic N) is 3. The number of sulfone groups is 1. The Bertz CT molecular complexity index is 776. The first-order chi connectivity index (χ1) is 11.7. The zero-order chi connectivity index (χ0) is 18.6. The first kappa shape index (κ1) is 20.1. The molecule has 1 atom stereocenters. The topological polar surface area (TPSA) is 79.7 Å². The summed E-state index contributed by atoms with van der Waals surface area (Å²) in [7, 11) is 0.820. The normalized spacial score (nSPS) is 19.3. The SMILES string of the molecule is CN(C)CCCN(C(=O)Cn1cc(Br)ccc1=O)C1CCS(=O)(=O)C1. The molecule has 1 aliphatic rings. The molecule has 0 spiro atoms. The molecule has 1 aromatic rings. The summed E-state index contributed by atoms with van der Waals surface area (Å²) in [5, 5.41) is 0. The minimum Gasteiger partial charge on any atom is -0.337 e. The van der Waals surface area contributed by atoms with Crippen LogP contribution >= 0.6 is 15.9 Å². The molecule has 1 unspecified atom stereocenters. The van der Waals surface area contributed by atoms with E-state index in [0.29, 0.717) is 17.4 Å². The number of amides is 1. The average Bonchev–Trinajstić information content (AvgIpc) is 2.86. The van der Waals surface area contributed by atoms with Crippen molar-refractivity contribution in [3.63, 3.8) is 0 Å². The van der Waals surface area contributed by atoms with Gasteiger partial charge in [0.15, 0.2) is 9.84 Å². The summed E-state index contributed by atoms with van der Waals surface area (Å²) in [6.07, 6.45) is 2.79. The zero-order valence-corrected chi connectivity index (χ0v) is 16.9. The standard InChI is InChI=1S/C16H24BrN3O4S/c1-18(2)7-3-8-20(14-6-9-25(23,24)12-14)16(22)11-19-10-13(17)4-5-15(19)21/h4-5,10,14H,3,6-9,11-12H2,1-2H3. The van der Waals surface area contributed by atoms with E-state index >= 15 is 0 Å². The van der Waals surface area contributed by atoms with Crippen LogP contribution in [0.3, 0.4) is 0 Å². The van der Waals surface area contributed by atoms with E-state index < -0.39 is 9.84 Å². The van der Waals surface area contributed by atoms with Gasteiger partial charge >= 0.3 is 0 Å². The van der Waals surface area contributed by atoms with Crippen molar-refractivity contribution in [3.05, 3.63) is 33.2 Å². The van der Waals surface area contributed by atoms with E-state index in [1.54, 1.807) is 17.2 Å². The summed E-state index contributed by atoms with van der Waals surface area (Å²) >= 11 is 3.29. The van der Waals surface area contributed by atoms with E-state index in [1.807, 2.05) is 19.0 Å². The minimum atomic E-state index is -3.08. The molecule has 25 heavy (non-hydrogen) atoms. The van der Waals surface area contributed by atoms with Gasteiger partial charge in [-0.05, 0) is 55.5 Å². The van der Waals surface area contributed by atoms with Crippen LogP contribution in [0.2, 0.25) is 0 Å². The fourth-order valence-corrected chi connectivity index (χ4v) is 5.06. The third-order valence-electron chi connectivity index (χ3n) is 4.23. The molecule has 1 amide bonds. The molecular weight excluding hydrogens is 410 g/mol. The molecule has 1 aliphatic heterocycles. The van der Waals surface area contributed by atoms with Crippen molar-refractivity contribution in [1.82, 2.24) is 14.4 Å². The maximum Gasteiger partial charge on any atom is 0.251 e.